The van der Waals surface area contributed by atoms with Crippen LogP contribution in [-0.4, -0.2) is 17.1 Å². The second-order valence-electron chi connectivity index (χ2n) is 2.71. The smallest absolute Gasteiger partial charge is 0.578 e. The molecule has 0 aliphatic heterocycles. The number of nitrogens with two attached hydrogens (primary N) is 1. The molecule has 84 valence electrons. The van der Waals surface area contributed by atoms with Crippen molar-refractivity contribution in [1.82, 2.24) is 0 Å². The minimum Gasteiger partial charge on any atom is -0.604 e. The average molecular weight is 238 g/mol. The molecule has 7 heteroatoms. The van der Waals surface area contributed by atoms with E-state index in [0.717, 1.165) is 12.1 Å². The Morgan fingerprint density at radius 2 is 2.00 bits per heavy atom. The molecule has 1 atom stereocenters. The first-order valence-corrected chi connectivity index (χ1v) is 5.07. The highest BCUT2D eigenvalue weighted by molar-refractivity contribution is 7.92. The highest BCUT2D eigenvalue weighted by Crippen LogP contribution is 2.32. The van der Waals surface area contributed by atoms with E-state index in [-0.39, 0.29) is 4.90 Å². The Labute approximate surface area is 87.6 Å². The minimum absolute atomic E-state index is 0.306. The molecule has 3 nitrogen and oxygen atoms in total. The van der Waals surface area contributed by atoms with Gasteiger partial charge in [0.15, 0.2) is 4.90 Å². The van der Waals surface area contributed by atoms with Crippen LogP contribution in [0.2, 0.25) is 0 Å². The summed E-state index contributed by atoms with van der Waals surface area (Å²) in [6, 6.07) is 3.50. The maximum absolute atomic E-state index is 12.1. The minimum atomic E-state index is -4.75. The lowest BCUT2D eigenvalue weighted by atomic mass is 10.3. The predicted octanol–water partition coefficient (Wildman–Crippen LogP) is 1.94. The van der Waals surface area contributed by atoms with Crippen molar-refractivity contribution in [3.05, 3.63) is 18.2 Å². The Balaban J connectivity index is 3.06. The van der Waals surface area contributed by atoms with Crippen LogP contribution in [0.3, 0.4) is 0 Å². The number of nitrogens with one attached hydrogen (secondary N) is 1. The summed E-state index contributed by atoms with van der Waals surface area (Å²) in [6.07, 6.45) is 0. The molecule has 0 radical (unpaired) electrons. The number of rotatable bonds is 2. The molecule has 0 heterocycles. The number of halogens is 3. The molecule has 1 aromatic carbocycles. The number of nitrogen functional groups attached to an aromatic ring is 1. The van der Waals surface area contributed by atoms with Gasteiger partial charge in [0.1, 0.15) is 0 Å². The van der Waals surface area contributed by atoms with E-state index in [1.165, 1.54) is 13.1 Å². The summed E-state index contributed by atoms with van der Waals surface area (Å²) >= 11 is -3.02. The van der Waals surface area contributed by atoms with E-state index in [1.54, 1.807) is 0 Å². The summed E-state index contributed by atoms with van der Waals surface area (Å²) < 4.78 is 47.3. The van der Waals surface area contributed by atoms with Crippen molar-refractivity contribution in [2.45, 2.75) is 10.4 Å². The monoisotopic (exact) mass is 238 g/mol. The molecule has 0 saturated heterocycles. The molecule has 15 heavy (non-hydrogen) atoms. The Hall–Kier alpha value is -1.08. The number of benzene rings is 1. The fourth-order valence-corrected chi connectivity index (χ4v) is 1.68. The van der Waals surface area contributed by atoms with Gasteiger partial charge in [0.2, 0.25) is 0 Å². The van der Waals surface area contributed by atoms with E-state index >= 15 is 0 Å². The van der Waals surface area contributed by atoms with Gasteiger partial charge >= 0.3 is 5.51 Å². The zero-order valence-corrected chi connectivity index (χ0v) is 8.58. The first-order chi connectivity index (χ1) is 6.86. The van der Waals surface area contributed by atoms with Crippen LogP contribution in [0.5, 0.6) is 0 Å². The SMILES string of the molecule is CNc1cc([S+]([O-])C(F)(F)F)ccc1N. The van der Waals surface area contributed by atoms with E-state index in [2.05, 4.69) is 5.32 Å². The Morgan fingerprint density at radius 3 is 2.47 bits per heavy atom. The molecule has 1 unspecified atom stereocenters. The quantitative estimate of drug-likeness (QED) is 0.611. The van der Waals surface area contributed by atoms with Crippen LogP contribution in [0.1, 0.15) is 0 Å². The molecule has 3 N–H and O–H groups in total. The molecule has 0 aliphatic rings. The van der Waals surface area contributed by atoms with Crippen LogP contribution >= 0.6 is 0 Å². The second kappa shape index (κ2) is 4.19. The van der Waals surface area contributed by atoms with Crippen molar-refractivity contribution in [3.8, 4) is 0 Å². The van der Waals surface area contributed by atoms with Gasteiger partial charge in [-0.25, -0.2) is 0 Å². The molecule has 0 bridgehead atoms. The topological polar surface area (TPSA) is 61.1 Å². The highest BCUT2D eigenvalue weighted by atomic mass is 32.2. The summed E-state index contributed by atoms with van der Waals surface area (Å²) in [5.41, 5.74) is 1.35. The van der Waals surface area contributed by atoms with Crippen molar-refractivity contribution in [2.24, 2.45) is 0 Å². The van der Waals surface area contributed by atoms with Crippen LogP contribution in [0.15, 0.2) is 23.1 Å². The van der Waals surface area contributed by atoms with Gasteiger partial charge < -0.3 is 15.6 Å². The zero-order valence-electron chi connectivity index (χ0n) is 7.76. The number of alkyl halides is 3. The average Bonchev–Trinajstić information content (AvgIpc) is 2.16. The second-order valence-corrected chi connectivity index (χ2v) is 4.19. The van der Waals surface area contributed by atoms with Gasteiger partial charge in [0.05, 0.1) is 22.6 Å². The van der Waals surface area contributed by atoms with Gasteiger partial charge in [-0.3, -0.25) is 0 Å². The summed E-state index contributed by atoms with van der Waals surface area (Å²) in [5, 5.41) is 2.62. The molecular formula is C8H9F3N2OS. The molecule has 0 saturated carbocycles. The number of anilines is 2. The van der Waals surface area contributed by atoms with E-state index in [0.29, 0.717) is 11.4 Å². The standard InChI is InChI=1S/C8H9F3N2OS/c1-13-7-4-5(2-3-6(7)12)15(14)8(9,10)11/h2-4,13H,12H2,1H3. The van der Waals surface area contributed by atoms with Crippen molar-refractivity contribution < 1.29 is 17.7 Å². The molecule has 0 fully saturated rings. The van der Waals surface area contributed by atoms with Crippen molar-refractivity contribution in [2.75, 3.05) is 18.1 Å². The fourth-order valence-electron chi connectivity index (χ4n) is 1.00. The maximum atomic E-state index is 12.1. The van der Waals surface area contributed by atoms with Crippen molar-refractivity contribution in [3.63, 3.8) is 0 Å². The molecular weight excluding hydrogens is 229 g/mol. The van der Waals surface area contributed by atoms with E-state index in [1.807, 2.05) is 0 Å². The summed E-state index contributed by atoms with van der Waals surface area (Å²) in [5.74, 6) is 0. The maximum Gasteiger partial charge on any atom is 0.578 e. The first-order valence-electron chi connectivity index (χ1n) is 3.92. The number of hydrogen-bond donors (Lipinski definition) is 2. The molecule has 0 spiro atoms. The lowest BCUT2D eigenvalue weighted by Crippen LogP contribution is -2.23. The van der Waals surface area contributed by atoms with E-state index in [4.69, 9.17) is 5.73 Å². The summed E-state index contributed by atoms with van der Waals surface area (Å²) in [6.45, 7) is 0. The van der Waals surface area contributed by atoms with Gasteiger partial charge in [-0.05, 0) is 12.1 Å². The molecule has 0 aromatic heterocycles. The van der Waals surface area contributed by atoms with Gasteiger partial charge in [0, 0.05) is 13.1 Å². The largest absolute Gasteiger partial charge is 0.604 e. The van der Waals surface area contributed by atoms with Crippen LogP contribution < -0.4 is 11.1 Å². The Bertz CT molecular complexity index is 356. The Kier molecular flexibility index (Phi) is 3.35. The van der Waals surface area contributed by atoms with Gasteiger partial charge in [0.25, 0.3) is 0 Å². The lowest BCUT2D eigenvalue weighted by Gasteiger charge is -2.13. The van der Waals surface area contributed by atoms with Gasteiger partial charge in [-0.1, -0.05) is 0 Å². The van der Waals surface area contributed by atoms with Crippen LogP contribution in [0.25, 0.3) is 0 Å². The fraction of sp³-hybridized carbons (Fsp3) is 0.250. The van der Waals surface area contributed by atoms with Crippen molar-refractivity contribution in [1.29, 1.82) is 0 Å². The molecule has 1 aromatic rings. The van der Waals surface area contributed by atoms with E-state index in [9.17, 15) is 17.7 Å². The molecule has 0 amide bonds. The zero-order chi connectivity index (χ0) is 11.6. The highest BCUT2D eigenvalue weighted by Gasteiger charge is 2.46. The lowest BCUT2D eigenvalue weighted by molar-refractivity contribution is -0.0435. The Morgan fingerprint density at radius 1 is 1.40 bits per heavy atom. The van der Waals surface area contributed by atoms with Crippen molar-refractivity contribution >= 4 is 22.6 Å². The summed E-state index contributed by atoms with van der Waals surface area (Å²) in [7, 11) is 1.52. The normalized spacial score (nSPS) is 13.7. The predicted molar refractivity (Wildman–Crippen MR) is 52.9 cm³/mol. The third kappa shape index (κ3) is 2.69. The number of hydrogen-bond acceptors (Lipinski definition) is 3. The van der Waals surface area contributed by atoms with Crippen LogP contribution in [-0.2, 0) is 11.2 Å². The molecule has 0 aliphatic carbocycles. The first kappa shape index (κ1) is 12.0. The van der Waals surface area contributed by atoms with Crippen LogP contribution in [0, 0.1) is 0 Å². The molecule has 1 rings (SSSR count). The van der Waals surface area contributed by atoms with Gasteiger partial charge in [-0.2, -0.15) is 0 Å². The van der Waals surface area contributed by atoms with E-state index < -0.39 is 16.7 Å². The van der Waals surface area contributed by atoms with Gasteiger partial charge in [-0.15, -0.1) is 13.2 Å². The third-order valence-corrected chi connectivity index (χ3v) is 2.82. The van der Waals surface area contributed by atoms with Crippen LogP contribution in [0.4, 0.5) is 24.5 Å². The third-order valence-electron chi connectivity index (χ3n) is 1.72. The summed E-state index contributed by atoms with van der Waals surface area (Å²) in [4.78, 5) is -0.318.